The molecule has 1 heterocycles. The van der Waals surface area contributed by atoms with Crippen LogP contribution >= 0.6 is 0 Å². The lowest BCUT2D eigenvalue weighted by Crippen LogP contribution is -2.05. The van der Waals surface area contributed by atoms with E-state index in [1.807, 2.05) is 31.2 Å². The number of methoxy groups -OCH3 is 1. The number of rotatable bonds is 7. The molecule has 0 fully saturated rings. The third-order valence-corrected chi connectivity index (χ3v) is 3.88. The van der Waals surface area contributed by atoms with Crippen LogP contribution in [0.5, 0.6) is 5.75 Å². The van der Waals surface area contributed by atoms with Gasteiger partial charge in [0.25, 0.3) is 0 Å². The van der Waals surface area contributed by atoms with Crippen molar-refractivity contribution in [2.45, 2.75) is 6.92 Å². The molecule has 0 unspecified atom stereocenters. The summed E-state index contributed by atoms with van der Waals surface area (Å²) in [6.07, 6.45) is 1.42. The zero-order valence-electron chi connectivity index (χ0n) is 15.6. The van der Waals surface area contributed by atoms with Gasteiger partial charge >= 0.3 is 5.97 Å². The maximum atomic E-state index is 11.5. The number of hydrogen-bond acceptors (Lipinski definition) is 8. The van der Waals surface area contributed by atoms with Crippen LogP contribution in [0.1, 0.15) is 17.3 Å². The Morgan fingerprint density at radius 1 is 0.964 bits per heavy atom. The lowest BCUT2D eigenvalue weighted by Gasteiger charge is -2.13. The van der Waals surface area contributed by atoms with Gasteiger partial charge < -0.3 is 25.8 Å². The maximum Gasteiger partial charge on any atom is 0.337 e. The highest BCUT2D eigenvalue weighted by atomic mass is 16.5. The molecule has 0 atom stereocenters. The minimum atomic E-state index is -0.394. The molecule has 0 aliphatic rings. The van der Waals surface area contributed by atoms with Gasteiger partial charge in [0, 0.05) is 11.4 Å². The first-order chi connectivity index (χ1) is 13.6. The van der Waals surface area contributed by atoms with Crippen LogP contribution in [0.2, 0.25) is 0 Å². The van der Waals surface area contributed by atoms with E-state index in [4.69, 9.17) is 15.2 Å². The van der Waals surface area contributed by atoms with Gasteiger partial charge in [0.15, 0.2) is 11.6 Å². The Kier molecular flexibility index (Phi) is 5.91. The van der Waals surface area contributed by atoms with Gasteiger partial charge in [0.2, 0.25) is 0 Å². The lowest BCUT2D eigenvalue weighted by atomic mass is 10.2. The first-order valence-corrected chi connectivity index (χ1v) is 8.66. The molecule has 3 rings (SSSR count). The molecule has 2 aromatic carbocycles. The fourth-order valence-corrected chi connectivity index (χ4v) is 2.48. The van der Waals surface area contributed by atoms with Gasteiger partial charge in [-0.25, -0.2) is 14.8 Å². The van der Waals surface area contributed by atoms with Crippen LogP contribution in [-0.2, 0) is 4.74 Å². The van der Waals surface area contributed by atoms with Crippen molar-refractivity contribution in [1.29, 1.82) is 0 Å². The third-order valence-electron chi connectivity index (χ3n) is 3.88. The second-order valence-corrected chi connectivity index (χ2v) is 5.76. The summed E-state index contributed by atoms with van der Waals surface area (Å²) >= 11 is 0. The molecule has 0 aliphatic carbocycles. The number of anilines is 5. The van der Waals surface area contributed by atoms with Crippen molar-refractivity contribution in [3.05, 3.63) is 60.4 Å². The molecule has 0 saturated carbocycles. The van der Waals surface area contributed by atoms with Gasteiger partial charge in [-0.2, -0.15) is 0 Å². The lowest BCUT2D eigenvalue weighted by molar-refractivity contribution is 0.0601. The molecule has 8 nitrogen and oxygen atoms in total. The van der Waals surface area contributed by atoms with E-state index in [1.165, 1.54) is 13.4 Å². The van der Waals surface area contributed by atoms with Gasteiger partial charge in [-0.15, -0.1) is 0 Å². The molecule has 0 saturated heterocycles. The van der Waals surface area contributed by atoms with E-state index in [2.05, 4.69) is 20.6 Å². The highest BCUT2D eigenvalue weighted by Crippen LogP contribution is 2.28. The quantitative estimate of drug-likeness (QED) is 0.533. The monoisotopic (exact) mass is 379 g/mol. The third kappa shape index (κ3) is 4.47. The van der Waals surface area contributed by atoms with E-state index in [1.54, 1.807) is 24.3 Å². The molecule has 0 amide bonds. The number of esters is 1. The van der Waals surface area contributed by atoms with Crippen LogP contribution in [0.3, 0.4) is 0 Å². The van der Waals surface area contributed by atoms with Crippen LogP contribution in [0, 0.1) is 0 Å². The zero-order chi connectivity index (χ0) is 19.9. The van der Waals surface area contributed by atoms with Gasteiger partial charge in [-0.3, -0.25) is 0 Å². The first kappa shape index (κ1) is 19.0. The second kappa shape index (κ2) is 8.72. The number of nitrogens with zero attached hydrogens (tertiary/aromatic N) is 2. The SMILES string of the molecule is CCOc1ccc(Nc2ncnc(Nc3ccc(C(=O)OC)cc3)c2N)cc1. The molecular formula is C20H21N5O3. The number of nitrogens with one attached hydrogen (secondary N) is 2. The molecule has 4 N–H and O–H groups in total. The number of aromatic nitrogens is 2. The van der Waals surface area contributed by atoms with E-state index >= 15 is 0 Å². The van der Waals surface area contributed by atoms with Crippen LogP contribution in [0.4, 0.5) is 28.7 Å². The zero-order valence-corrected chi connectivity index (χ0v) is 15.6. The smallest absolute Gasteiger partial charge is 0.337 e. The Morgan fingerprint density at radius 2 is 1.50 bits per heavy atom. The highest BCUT2D eigenvalue weighted by Gasteiger charge is 2.10. The highest BCUT2D eigenvalue weighted by molar-refractivity contribution is 5.90. The van der Waals surface area contributed by atoms with Crippen molar-refractivity contribution in [3.63, 3.8) is 0 Å². The average molecular weight is 379 g/mol. The molecule has 1 aromatic heterocycles. The standard InChI is InChI=1S/C20H21N5O3/c1-3-28-16-10-8-15(9-11-16)25-19-17(21)18(22-12-23-19)24-14-6-4-13(5-7-14)20(26)27-2/h4-12H,3,21H2,1-2H3,(H2,22,23,24,25). The first-order valence-electron chi connectivity index (χ1n) is 8.66. The van der Waals surface area contributed by atoms with E-state index in [0.29, 0.717) is 29.5 Å². The molecule has 3 aromatic rings. The van der Waals surface area contributed by atoms with Crippen molar-refractivity contribution in [2.24, 2.45) is 0 Å². The summed E-state index contributed by atoms with van der Waals surface area (Å²) in [6.45, 7) is 2.55. The minimum absolute atomic E-state index is 0.369. The molecule has 144 valence electrons. The molecule has 8 heteroatoms. The van der Waals surface area contributed by atoms with Crippen molar-refractivity contribution < 1.29 is 14.3 Å². The fraction of sp³-hybridized carbons (Fsp3) is 0.150. The van der Waals surface area contributed by atoms with Crippen molar-refractivity contribution in [1.82, 2.24) is 9.97 Å². The summed E-state index contributed by atoms with van der Waals surface area (Å²) < 4.78 is 10.1. The largest absolute Gasteiger partial charge is 0.494 e. The Morgan fingerprint density at radius 3 is 2.00 bits per heavy atom. The summed E-state index contributed by atoms with van der Waals surface area (Å²) in [5, 5.41) is 6.29. The van der Waals surface area contributed by atoms with Gasteiger partial charge in [-0.1, -0.05) is 0 Å². The topological polar surface area (TPSA) is 111 Å². The normalized spacial score (nSPS) is 10.2. The number of hydrogen-bond donors (Lipinski definition) is 3. The molecule has 28 heavy (non-hydrogen) atoms. The average Bonchev–Trinajstić information content (AvgIpc) is 2.72. The van der Waals surface area contributed by atoms with Crippen LogP contribution in [0.25, 0.3) is 0 Å². The number of carbonyl (C=O) groups is 1. The summed E-state index contributed by atoms with van der Waals surface area (Å²) in [5.74, 6) is 1.33. The van der Waals surface area contributed by atoms with Crippen molar-refractivity contribution in [3.8, 4) is 5.75 Å². The predicted molar refractivity (Wildman–Crippen MR) is 108 cm³/mol. The van der Waals surface area contributed by atoms with E-state index in [-0.39, 0.29) is 0 Å². The second-order valence-electron chi connectivity index (χ2n) is 5.76. The van der Waals surface area contributed by atoms with E-state index < -0.39 is 5.97 Å². The van der Waals surface area contributed by atoms with Crippen molar-refractivity contribution in [2.75, 3.05) is 30.1 Å². The minimum Gasteiger partial charge on any atom is -0.494 e. The predicted octanol–water partition coefficient (Wildman–Crippen LogP) is 3.73. The Labute approximate surface area is 162 Å². The fourth-order valence-electron chi connectivity index (χ4n) is 2.48. The van der Waals surface area contributed by atoms with Gasteiger partial charge in [0.05, 0.1) is 19.3 Å². The summed E-state index contributed by atoms with van der Waals surface area (Å²) in [4.78, 5) is 19.9. The van der Waals surface area contributed by atoms with E-state index in [0.717, 1.165) is 17.1 Å². The Balaban J connectivity index is 1.74. The van der Waals surface area contributed by atoms with Gasteiger partial charge in [0.1, 0.15) is 17.8 Å². The Hall–Kier alpha value is -3.81. The number of nitrogen functional groups attached to an aromatic ring is 1. The summed E-state index contributed by atoms with van der Waals surface area (Å²) in [5.41, 5.74) is 8.58. The van der Waals surface area contributed by atoms with Gasteiger partial charge in [-0.05, 0) is 55.5 Å². The molecule has 0 bridgehead atoms. The van der Waals surface area contributed by atoms with Crippen molar-refractivity contribution >= 4 is 34.7 Å². The number of carbonyl (C=O) groups excluding carboxylic acids is 1. The number of nitrogens with two attached hydrogens (primary N) is 1. The molecule has 0 spiro atoms. The number of ether oxygens (including phenoxy) is 2. The molecular weight excluding hydrogens is 358 g/mol. The van der Waals surface area contributed by atoms with Crippen LogP contribution in [-0.4, -0.2) is 29.7 Å². The molecule has 0 radical (unpaired) electrons. The van der Waals surface area contributed by atoms with E-state index in [9.17, 15) is 4.79 Å². The summed E-state index contributed by atoms with van der Waals surface area (Å²) in [7, 11) is 1.34. The maximum absolute atomic E-state index is 11.5. The van der Waals surface area contributed by atoms with Crippen LogP contribution < -0.4 is 21.1 Å². The van der Waals surface area contributed by atoms with Crippen LogP contribution in [0.15, 0.2) is 54.9 Å². The molecule has 0 aliphatic heterocycles. The number of benzene rings is 2. The Bertz CT molecular complexity index is 943. The summed E-state index contributed by atoms with van der Waals surface area (Å²) in [6, 6.07) is 14.3.